The van der Waals surface area contributed by atoms with Crippen molar-refractivity contribution in [1.82, 2.24) is 0 Å². The molecule has 2 N–H and O–H groups in total. The topological polar surface area (TPSA) is 64.2 Å². The van der Waals surface area contributed by atoms with Crippen molar-refractivity contribution < 1.29 is 10.0 Å². The lowest BCUT2D eigenvalue weighted by molar-refractivity contribution is 0.426. The first kappa shape index (κ1) is 10.7. The third-order valence-electron chi connectivity index (χ3n) is 1.31. The van der Waals surface area contributed by atoms with Gasteiger partial charge in [0.2, 0.25) is 0 Å². The fraction of sp³-hybridized carbons (Fsp3) is 0.125. The Morgan fingerprint density at radius 3 is 2.50 bits per heavy atom. The molecule has 12 heavy (non-hydrogen) atoms. The molecular weight excluding hydrogens is 153 g/mol. The number of nitriles is 1. The van der Waals surface area contributed by atoms with E-state index in [0.717, 1.165) is 0 Å². The number of hydrogen-bond donors (Lipinski definition) is 2. The van der Waals surface area contributed by atoms with Crippen LogP contribution in [0, 0.1) is 11.3 Å². The van der Waals surface area contributed by atoms with Crippen LogP contribution in [0.2, 0.25) is 0 Å². The van der Waals surface area contributed by atoms with E-state index < -0.39 is 7.12 Å². The van der Waals surface area contributed by atoms with Crippen molar-refractivity contribution in [1.29, 1.82) is 5.26 Å². The molecule has 0 aliphatic rings. The number of nitrogens with zero attached hydrogens (tertiary/aromatic N) is 1. The highest BCUT2D eigenvalue weighted by Crippen LogP contribution is 1.93. The second-order valence-corrected chi connectivity index (χ2v) is 2.11. The van der Waals surface area contributed by atoms with Gasteiger partial charge in [0.1, 0.15) is 0 Å². The summed E-state index contributed by atoms with van der Waals surface area (Å²) >= 11 is 0. The van der Waals surface area contributed by atoms with Crippen LogP contribution in [0.15, 0.2) is 24.3 Å². The van der Waals surface area contributed by atoms with E-state index in [4.69, 9.17) is 15.3 Å². The first-order valence-electron chi connectivity index (χ1n) is 3.10. The van der Waals surface area contributed by atoms with Crippen LogP contribution in [-0.4, -0.2) is 17.2 Å². The molecule has 0 aromatic heterocycles. The maximum atomic E-state index is 8.69. The molecule has 0 spiro atoms. The number of hydrogen-bond acceptors (Lipinski definition) is 3. The molecule has 0 fully saturated rings. The van der Waals surface area contributed by atoms with Crippen molar-refractivity contribution >= 4 is 12.6 Å². The summed E-state index contributed by atoms with van der Waals surface area (Å²) in [5.41, 5.74) is 0.764. The van der Waals surface area contributed by atoms with E-state index in [2.05, 4.69) is 0 Å². The molecule has 1 aromatic rings. The Morgan fingerprint density at radius 2 is 2.00 bits per heavy atom. The summed E-state index contributed by atoms with van der Waals surface area (Å²) < 4.78 is 0. The Hall–Kier alpha value is -1.31. The van der Waals surface area contributed by atoms with Gasteiger partial charge in [-0.1, -0.05) is 19.6 Å². The first-order valence-corrected chi connectivity index (χ1v) is 3.10. The smallest absolute Gasteiger partial charge is 0.423 e. The van der Waals surface area contributed by atoms with Crippen LogP contribution < -0.4 is 5.46 Å². The number of rotatable bonds is 1. The van der Waals surface area contributed by atoms with Crippen LogP contribution in [0.5, 0.6) is 0 Å². The van der Waals surface area contributed by atoms with Gasteiger partial charge in [-0.05, 0) is 17.6 Å². The van der Waals surface area contributed by atoms with Gasteiger partial charge >= 0.3 is 7.12 Å². The molecule has 0 saturated heterocycles. The summed E-state index contributed by atoms with van der Waals surface area (Å²) in [6.07, 6.45) is 0. The molecule has 0 atom stereocenters. The third-order valence-corrected chi connectivity index (χ3v) is 1.31. The summed E-state index contributed by atoms with van der Waals surface area (Å²) in [5.74, 6) is 0. The summed E-state index contributed by atoms with van der Waals surface area (Å²) in [6.45, 7) is 0. The van der Waals surface area contributed by atoms with E-state index in [1.807, 2.05) is 6.07 Å². The van der Waals surface area contributed by atoms with Crippen molar-refractivity contribution in [3.8, 4) is 6.07 Å². The Balaban J connectivity index is 0.00000121. The van der Waals surface area contributed by atoms with Gasteiger partial charge in [0.25, 0.3) is 0 Å². The van der Waals surface area contributed by atoms with Crippen molar-refractivity contribution in [2.75, 3.05) is 0 Å². The minimum atomic E-state index is -1.50. The predicted octanol–water partition coefficient (Wildman–Crippen LogP) is -0.126. The lowest BCUT2D eigenvalue weighted by atomic mass is 9.80. The molecule has 0 aliphatic carbocycles. The molecule has 3 nitrogen and oxygen atoms in total. The van der Waals surface area contributed by atoms with Gasteiger partial charge in [-0.2, -0.15) is 5.26 Å². The zero-order valence-corrected chi connectivity index (χ0v) is 5.73. The molecule has 0 heterocycles. The molecule has 0 amide bonds. The van der Waals surface area contributed by atoms with Gasteiger partial charge in [-0.25, -0.2) is 0 Å². The minimum Gasteiger partial charge on any atom is -0.423 e. The second-order valence-electron chi connectivity index (χ2n) is 2.11. The van der Waals surface area contributed by atoms with E-state index in [9.17, 15) is 0 Å². The quantitative estimate of drug-likeness (QED) is 0.567. The average Bonchev–Trinajstić information content (AvgIpc) is 2.05. The van der Waals surface area contributed by atoms with Crippen molar-refractivity contribution in [3.63, 3.8) is 0 Å². The molecule has 62 valence electrons. The maximum absolute atomic E-state index is 8.69. The first-order chi connectivity index (χ1) is 5.24. The summed E-state index contributed by atoms with van der Waals surface area (Å²) in [5, 5.41) is 25.8. The van der Waals surface area contributed by atoms with Crippen molar-refractivity contribution in [2.45, 2.75) is 7.43 Å². The fourth-order valence-corrected chi connectivity index (χ4v) is 0.769. The second kappa shape index (κ2) is 4.55. The molecule has 0 radical (unpaired) electrons. The summed E-state index contributed by atoms with van der Waals surface area (Å²) in [6, 6.07) is 8.09. The third kappa shape index (κ3) is 2.38. The Labute approximate surface area is 72.0 Å². The highest BCUT2D eigenvalue weighted by Gasteiger charge is 2.09. The van der Waals surface area contributed by atoms with Gasteiger partial charge in [-0.3, -0.25) is 0 Å². The van der Waals surface area contributed by atoms with Gasteiger partial charge in [0.05, 0.1) is 11.6 Å². The van der Waals surface area contributed by atoms with Gasteiger partial charge in [0.15, 0.2) is 0 Å². The lowest BCUT2D eigenvalue weighted by Crippen LogP contribution is -2.29. The highest BCUT2D eigenvalue weighted by molar-refractivity contribution is 6.58. The van der Waals surface area contributed by atoms with Crippen LogP contribution in [-0.2, 0) is 0 Å². The summed E-state index contributed by atoms with van der Waals surface area (Å²) in [7, 11) is -1.50. The van der Waals surface area contributed by atoms with Crippen molar-refractivity contribution in [3.05, 3.63) is 29.8 Å². The molecule has 0 unspecified atom stereocenters. The number of benzene rings is 1. The summed E-state index contributed by atoms with van der Waals surface area (Å²) in [4.78, 5) is 0. The Kier molecular flexibility index (Phi) is 4.05. The lowest BCUT2D eigenvalue weighted by Gasteiger charge is -1.97. The fourth-order valence-electron chi connectivity index (χ4n) is 0.769. The molecule has 1 rings (SSSR count). The van der Waals surface area contributed by atoms with Gasteiger partial charge in [0, 0.05) is 0 Å². The predicted molar refractivity (Wildman–Crippen MR) is 47.7 cm³/mol. The Morgan fingerprint density at radius 1 is 1.33 bits per heavy atom. The largest absolute Gasteiger partial charge is 0.488 e. The molecule has 1 aromatic carbocycles. The monoisotopic (exact) mass is 163 g/mol. The Bertz CT molecular complexity index is 293. The standard InChI is InChI=1S/C7H6BNO2.CH4/c9-5-6-2-1-3-7(4-6)8(10)11;/h1-4,10-11H;1H4. The van der Waals surface area contributed by atoms with Crippen LogP contribution in [0.3, 0.4) is 0 Å². The zero-order valence-electron chi connectivity index (χ0n) is 5.73. The zero-order chi connectivity index (χ0) is 8.27. The molecule has 0 bridgehead atoms. The molecule has 0 saturated carbocycles. The molecule has 4 heteroatoms. The maximum Gasteiger partial charge on any atom is 0.488 e. The van der Waals surface area contributed by atoms with Gasteiger partial charge < -0.3 is 10.0 Å². The van der Waals surface area contributed by atoms with Crippen molar-refractivity contribution in [2.24, 2.45) is 0 Å². The van der Waals surface area contributed by atoms with Gasteiger partial charge in [-0.15, -0.1) is 0 Å². The van der Waals surface area contributed by atoms with E-state index >= 15 is 0 Å². The van der Waals surface area contributed by atoms with Crippen LogP contribution in [0.25, 0.3) is 0 Å². The highest BCUT2D eigenvalue weighted by atomic mass is 16.4. The average molecular weight is 163 g/mol. The molecular formula is C8H10BNO2. The SMILES string of the molecule is C.N#Cc1cccc(B(O)O)c1. The van der Waals surface area contributed by atoms with E-state index in [-0.39, 0.29) is 7.43 Å². The van der Waals surface area contributed by atoms with Crippen LogP contribution in [0.4, 0.5) is 0 Å². The normalized spacial score (nSPS) is 8.08. The van der Waals surface area contributed by atoms with E-state index in [1.54, 1.807) is 18.2 Å². The van der Waals surface area contributed by atoms with Crippen LogP contribution in [0.1, 0.15) is 13.0 Å². The van der Waals surface area contributed by atoms with Crippen LogP contribution >= 0.6 is 0 Å². The minimum absolute atomic E-state index is 0. The van der Waals surface area contributed by atoms with E-state index in [1.165, 1.54) is 6.07 Å². The molecule has 0 aliphatic heterocycles. The van der Waals surface area contributed by atoms with E-state index in [0.29, 0.717) is 11.0 Å².